The molecule has 0 radical (unpaired) electrons. The van der Waals surface area contributed by atoms with Gasteiger partial charge in [-0.3, -0.25) is 9.59 Å². The lowest BCUT2D eigenvalue weighted by Crippen LogP contribution is -2.65. The number of nitrogens with one attached hydrogen (secondary N) is 1. The number of aromatic hydroxyl groups is 1. The van der Waals surface area contributed by atoms with Gasteiger partial charge in [-0.2, -0.15) is 0 Å². The highest BCUT2D eigenvalue weighted by atomic mass is 16.6. The molecular weight excluding hydrogens is 919 g/mol. The number of hydrogen-bond donors (Lipinski definition) is 6. The van der Waals surface area contributed by atoms with Crippen LogP contribution in [-0.2, 0) is 44.0 Å². The fourth-order valence-corrected chi connectivity index (χ4v) is 15.7. The lowest BCUT2D eigenvalue weighted by Gasteiger charge is -2.59. The number of carbonyl (C=O) groups excluding carboxylic acids is 3. The number of esters is 2. The van der Waals surface area contributed by atoms with E-state index in [1.54, 1.807) is 13.0 Å². The number of fused-ring (bicyclic) bond motifs is 10. The van der Waals surface area contributed by atoms with Crippen LogP contribution < -0.4 is 10.1 Å². The first-order valence-corrected chi connectivity index (χ1v) is 28.0. The van der Waals surface area contributed by atoms with Gasteiger partial charge in [0.15, 0.2) is 0 Å². The number of phenols is 1. The smallest absolute Gasteiger partial charge is 0.334 e. The van der Waals surface area contributed by atoms with Crippen molar-refractivity contribution in [1.29, 1.82) is 0 Å². The third-order valence-electron chi connectivity index (χ3n) is 19.3. The molecule has 5 aliphatic carbocycles. The SMILES string of the molecule is CC(O)CNc1cc(CO)cc(C2C#CC3CC(=O)Oc4c3cc(c(O)c4C3CCCCC3)CC3OC(=O)C(=CC(O)C4(CCCCC4)c4cccc(c4)CC4C(=O)CCC5C4CC4CCCCC4C35O)C2)c1. The number of Topliss-reactive ketones (excluding diaryl/α,β-unsaturated/α-hetero) is 1. The molecule has 6 N–H and O–H groups in total. The van der Waals surface area contributed by atoms with E-state index in [9.17, 15) is 35.1 Å². The monoisotopic (exact) mass is 994 g/mol. The molecule has 11 rings (SSSR count). The third kappa shape index (κ3) is 9.46. The van der Waals surface area contributed by atoms with Crippen molar-refractivity contribution in [3.05, 3.63) is 99.1 Å². The van der Waals surface area contributed by atoms with Crippen molar-refractivity contribution in [1.82, 2.24) is 0 Å². The highest BCUT2D eigenvalue weighted by molar-refractivity contribution is 5.89. The molecule has 8 aliphatic rings. The van der Waals surface area contributed by atoms with Gasteiger partial charge >= 0.3 is 11.9 Å². The third-order valence-corrected chi connectivity index (χ3v) is 19.3. The Morgan fingerprint density at radius 1 is 0.836 bits per heavy atom. The maximum absolute atomic E-state index is 16.0. The van der Waals surface area contributed by atoms with E-state index in [0.29, 0.717) is 71.4 Å². The number of anilines is 1. The number of ketones is 1. The summed E-state index contributed by atoms with van der Waals surface area (Å²) in [6.07, 6.45) is 13.1. The van der Waals surface area contributed by atoms with E-state index < -0.39 is 53.1 Å². The number of ether oxygens (including phenoxy) is 2. The van der Waals surface area contributed by atoms with E-state index >= 15 is 4.79 Å². The van der Waals surface area contributed by atoms with E-state index in [2.05, 4.69) is 41.4 Å². The molecule has 3 aliphatic heterocycles. The van der Waals surface area contributed by atoms with Gasteiger partial charge in [0.1, 0.15) is 29.0 Å². The van der Waals surface area contributed by atoms with Gasteiger partial charge in [0, 0.05) is 59.0 Å². The maximum Gasteiger partial charge on any atom is 0.334 e. The first kappa shape index (κ1) is 50.2. The van der Waals surface area contributed by atoms with E-state index in [1.807, 2.05) is 24.3 Å². The average molecular weight is 994 g/mol. The Balaban J connectivity index is 1.17. The first-order chi connectivity index (χ1) is 35.3. The van der Waals surface area contributed by atoms with E-state index in [4.69, 9.17) is 9.47 Å². The number of hydrogen-bond acceptors (Lipinski definition) is 11. The lowest BCUT2D eigenvalue weighted by molar-refractivity contribution is -0.228. The number of benzene rings is 3. The molecule has 3 aromatic rings. The molecule has 388 valence electrons. The standard InChI is InChI=1S/C62H75NO10/c1-36(65)34-63-47-25-38(35-64)23-43(28-47)40-17-18-41-33-56(68)73-59-48(41)30-44(58(69)57(59)39-12-4-2-5-13-39)32-55-62(71)51-16-7-6-14-42(51)29-49-50(53(66)20-19-52(49)62)26-37-11-10-15-46(24-37)61(21-8-3-9-22-61)54(67)31-45(27-40)60(70)72-55/h10-11,15,23-25,28,30-31,36,39-42,49-52,54-55,63-65,67,69,71H,2-9,12-14,16,19-22,26-27,29,32-35H2,1H3. The van der Waals surface area contributed by atoms with Crippen LogP contribution in [0.4, 0.5) is 5.69 Å². The van der Waals surface area contributed by atoms with Gasteiger partial charge in [0.2, 0.25) is 0 Å². The number of aliphatic hydroxyl groups excluding tert-OH is 3. The summed E-state index contributed by atoms with van der Waals surface area (Å²) < 4.78 is 13.3. The second-order valence-corrected chi connectivity index (χ2v) is 23.7. The number of phenolic OH excluding ortho intramolecular Hbond substituents is 1. The van der Waals surface area contributed by atoms with Crippen LogP contribution in [0.25, 0.3) is 0 Å². The topological polar surface area (TPSA) is 183 Å². The molecule has 10 bridgehead atoms. The molecule has 3 heterocycles. The van der Waals surface area contributed by atoms with Crippen LogP contribution in [0.3, 0.4) is 0 Å². The normalized spacial score (nSPS) is 32.6. The highest BCUT2D eigenvalue weighted by Crippen LogP contribution is 2.59. The molecule has 3 aromatic carbocycles. The molecule has 0 saturated heterocycles. The van der Waals surface area contributed by atoms with E-state index in [1.165, 1.54) is 0 Å². The molecule has 11 nitrogen and oxygen atoms in total. The predicted molar refractivity (Wildman–Crippen MR) is 277 cm³/mol. The van der Waals surface area contributed by atoms with Crippen LogP contribution in [0.15, 0.2) is 60.2 Å². The van der Waals surface area contributed by atoms with Gasteiger partial charge in [-0.15, -0.1) is 0 Å². The molecule has 11 unspecified atom stereocenters. The van der Waals surface area contributed by atoms with Crippen LogP contribution in [-0.4, -0.2) is 73.7 Å². The molecule has 0 aromatic heterocycles. The van der Waals surface area contributed by atoms with Gasteiger partial charge in [-0.25, -0.2) is 4.79 Å². The average Bonchev–Trinajstić information content (AvgIpc) is 3.40. The van der Waals surface area contributed by atoms with E-state index in [0.717, 1.165) is 94.6 Å². The first-order valence-electron chi connectivity index (χ1n) is 28.0. The molecule has 11 heteroatoms. The van der Waals surface area contributed by atoms with Crippen molar-refractivity contribution in [2.24, 2.45) is 29.6 Å². The molecular formula is C62H75NO10. The zero-order chi connectivity index (χ0) is 50.6. The summed E-state index contributed by atoms with van der Waals surface area (Å²) >= 11 is 0. The summed E-state index contributed by atoms with van der Waals surface area (Å²) in [5.41, 5.74) is 3.60. The van der Waals surface area contributed by atoms with Crippen molar-refractivity contribution < 1.29 is 49.4 Å². The minimum atomic E-state index is -1.59. The minimum absolute atomic E-state index is 0.00217. The van der Waals surface area contributed by atoms with Crippen molar-refractivity contribution in [2.45, 2.75) is 195 Å². The van der Waals surface area contributed by atoms with Crippen molar-refractivity contribution in [3.63, 3.8) is 0 Å². The largest absolute Gasteiger partial charge is 0.507 e. The minimum Gasteiger partial charge on any atom is -0.507 e. The Morgan fingerprint density at radius 2 is 1.60 bits per heavy atom. The van der Waals surface area contributed by atoms with Crippen molar-refractivity contribution >= 4 is 23.4 Å². The van der Waals surface area contributed by atoms with Crippen LogP contribution in [0, 0.1) is 41.4 Å². The summed E-state index contributed by atoms with van der Waals surface area (Å²) in [5.74, 6) is 4.01. The maximum atomic E-state index is 16.0. The van der Waals surface area contributed by atoms with Crippen LogP contribution in [0.5, 0.6) is 11.5 Å². The lowest BCUT2D eigenvalue weighted by atomic mass is 9.48. The Morgan fingerprint density at radius 3 is 2.40 bits per heavy atom. The van der Waals surface area contributed by atoms with Gasteiger partial charge in [0.25, 0.3) is 0 Å². The number of aliphatic hydroxyl groups is 4. The Labute approximate surface area is 430 Å². The summed E-state index contributed by atoms with van der Waals surface area (Å²) in [4.78, 5) is 44.4. The van der Waals surface area contributed by atoms with Gasteiger partial charge in [-0.1, -0.05) is 100.0 Å². The zero-order valence-electron chi connectivity index (χ0n) is 42.6. The van der Waals surface area contributed by atoms with Gasteiger partial charge < -0.3 is 40.3 Å². The molecule has 73 heavy (non-hydrogen) atoms. The second kappa shape index (κ2) is 20.6. The molecule has 0 amide bonds. The molecule has 5 fully saturated rings. The molecule has 5 saturated carbocycles. The summed E-state index contributed by atoms with van der Waals surface area (Å²) in [6.45, 7) is 1.66. The second-order valence-electron chi connectivity index (χ2n) is 23.7. The zero-order valence-corrected chi connectivity index (χ0v) is 42.6. The summed E-state index contributed by atoms with van der Waals surface area (Å²) in [5, 5.41) is 64.5. The number of carbonyl (C=O) groups is 3. The Bertz CT molecular complexity index is 2700. The fraction of sp³-hybridized carbons (Fsp3) is 0.597. The predicted octanol–water partition coefficient (Wildman–Crippen LogP) is 9.66. The van der Waals surface area contributed by atoms with Gasteiger partial charge in [-0.05, 0) is 146 Å². The van der Waals surface area contributed by atoms with Crippen molar-refractivity contribution in [2.75, 3.05) is 11.9 Å². The van der Waals surface area contributed by atoms with Crippen LogP contribution in [0.2, 0.25) is 0 Å². The van der Waals surface area contributed by atoms with Crippen LogP contribution >= 0.6 is 0 Å². The quantitative estimate of drug-likeness (QED) is 0.0786. The highest BCUT2D eigenvalue weighted by Gasteiger charge is 2.62. The summed E-state index contributed by atoms with van der Waals surface area (Å²) in [7, 11) is 0. The molecule has 1 spiro atoms. The fourth-order valence-electron chi connectivity index (χ4n) is 15.7. The molecule has 11 atom stereocenters. The van der Waals surface area contributed by atoms with Crippen LogP contribution in [0.1, 0.15) is 186 Å². The van der Waals surface area contributed by atoms with E-state index in [-0.39, 0.29) is 85.0 Å². The number of rotatable bonds is 6. The van der Waals surface area contributed by atoms with Crippen molar-refractivity contribution in [3.8, 4) is 23.3 Å². The van der Waals surface area contributed by atoms with Gasteiger partial charge in [0.05, 0.1) is 31.2 Å². The Kier molecular flexibility index (Phi) is 14.2. The summed E-state index contributed by atoms with van der Waals surface area (Å²) in [6, 6.07) is 15.9. The Hall–Kier alpha value is -4.99.